The SMILES string of the molecule is C=C(C)C(=O)O.N.O=S(=O)(O)O.O=S(=O)(O)c1ccc(C2CCc3ccc4c(ccc5ccccc54)c3C2)cc1. The fraction of sp³-hybridized carbons (Fsp3) is 0.179. The van der Waals surface area contributed by atoms with Gasteiger partial charge in [0.05, 0.1) is 4.90 Å². The molecule has 12 heteroatoms. The van der Waals surface area contributed by atoms with Gasteiger partial charge in [-0.3, -0.25) is 13.7 Å². The average molecular weight is 590 g/mol. The summed E-state index contributed by atoms with van der Waals surface area (Å²) >= 11 is 0. The summed E-state index contributed by atoms with van der Waals surface area (Å²) in [6.07, 6.45) is 3.00. The number of rotatable bonds is 3. The van der Waals surface area contributed by atoms with Crippen LogP contribution in [0.25, 0.3) is 21.5 Å². The monoisotopic (exact) mass is 589 g/mol. The number of hydrogen-bond donors (Lipinski definition) is 5. The number of carboxylic acids is 1. The van der Waals surface area contributed by atoms with Gasteiger partial charge in [0.2, 0.25) is 0 Å². The number of carboxylic acid groups (broad SMARTS) is 1. The zero-order valence-electron chi connectivity index (χ0n) is 21.7. The van der Waals surface area contributed by atoms with E-state index in [-0.39, 0.29) is 16.6 Å². The van der Waals surface area contributed by atoms with Crippen molar-refractivity contribution >= 4 is 48.0 Å². The molecule has 0 heterocycles. The number of aryl methyl sites for hydroxylation is 1. The van der Waals surface area contributed by atoms with Crippen LogP contribution in [0.5, 0.6) is 0 Å². The van der Waals surface area contributed by atoms with Crippen molar-refractivity contribution in [1.29, 1.82) is 0 Å². The van der Waals surface area contributed by atoms with Crippen LogP contribution in [0.3, 0.4) is 0 Å². The van der Waals surface area contributed by atoms with Crippen LogP contribution in [0.4, 0.5) is 0 Å². The van der Waals surface area contributed by atoms with Gasteiger partial charge in [-0.2, -0.15) is 16.8 Å². The standard InChI is InChI=1S/C24H20O3S.C4H6O2.H3N.H2O4S/c25-28(26,27)20-11-7-16(8-12-20)19-6-5-18-10-13-22-21-4-2-1-3-17(21)9-14-23(22)24(18)15-19;1-3(2)4(5)6;;1-5(2,3)4/h1-4,7-14,19H,5-6,15H2,(H,25,26,27);1H2,2H3,(H,5,6);1H3;(H2,1,2,3,4). The molecule has 0 fully saturated rings. The molecule has 7 N–H and O–H groups in total. The van der Waals surface area contributed by atoms with E-state index >= 15 is 0 Å². The highest BCUT2D eigenvalue weighted by Crippen LogP contribution is 2.38. The molecule has 0 aromatic heterocycles. The lowest BCUT2D eigenvalue weighted by Crippen LogP contribution is -2.13. The summed E-state index contributed by atoms with van der Waals surface area (Å²) in [7, 11) is -8.82. The van der Waals surface area contributed by atoms with Crippen LogP contribution in [-0.4, -0.2) is 41.6 Å². The third kappa shape index (κ3) is 8.68. The molecule has 0 saturated heterocycles. The Bertz CT molecular complexity index is 1730. The van der Waals surface area contributed by atoms with E-state index in [0.29, 0.717) is 5.92 Å². The van der Waals surface area contributed by atoms with Gasteiger partial charge in [-0.25, -0.2) is 4.79 Å². The summed E-state index contributed by atoms with van der Waals surface area (Å²) in [5, 5.41) is 13.0. The molecule has 0 amide bonds. The van der Waals surface area contributed by atoms with Crippen molar-refractivity contribution in [3.05, 3.63) is 102 Å². The van der Waals surface area contributed by atoms with E-state index in [9.17, 15) is 17.8 Å². The Kier molecular flexibility index (Phi) is 10.7. The lowest BCUT2D eigenvalue weighted by molar-refractivity contribution is -0.132. The van der Waals surface area contributed by atoms with Gasteiger partial charge < -0.3 is 11.3 Å². The Morgan fingerprint density at radius 1 is 0.825 bits per heavy atom. The molecular weight excluding hydrogens is 558 g/mol. The molecule has 0 bridgehead atoms. The minimum atomic E-state index is -4.67. The molecule has 10 nitrogen and oxygen atoms in total. The first-order valence-electron chi connectivity index (χ1n) is 11.7. The van der Waals surface area contributed by atoms with Crippen molar-refractivity contribution in [1.82, 2.24) is 6.15 Å². The van der Waals surface area contributed by atoms with Gasteiger partial charge in [-0.05, 0) is 82.5 Å². The van der Waals surface area contributed by atoms with Crippen molar-refractivity contribution < 1.29 is 40.4 Å². The fourth-order valence-electron chi connectivity index (χ4n) is 4.55. The van der Waals surface area contributed by atoms with Crippen molar-refractivity contribution in [3.63, 3.8) is 0 Å². The zero-order valence-corrected chi connectivity index (χ0v) is 23.3. The van der Waals surface area contributed by atoms with Crippen LogP contribution >= 0.6 is 0 Å². The molecule has 0 spiro atoms. The normalized spacial score (nSPS) is 14.4. The molecule has 1 aliphatic rings. The van der Waals surface area contributed by atoms with Crippen molar-refractivity contribution in [2.24, 2.45) is 0 Å². The third-order valence-corrected chi connectivity index (χ3v) is 7.23. The second-order valence-electron chi connectivity index (χ2n) is 9.10. The maximum Gasteiger partial charge on any atom is 0.394 e. The van der Waals surface area contributed by atoms with Crippen LogP contribution < -0.4 is 6.15 Å². The maximum atomic E-state index is 11.3. The Morgan fingerprint density at radius 3 is 1.93 bits per heavy atom. The summed E-state index contributed by atoms with van der Waals surface area (Å²) in [5.74, 6) is -0.588. The van der Waals surface area contributed by atoms with Crippen LogP contribution in [0.2, 0.25) is 0 Å². The largest absolute Gasteiger partial charge is 0.478 e. The van der Waals surface area contributed by atoms with Gasteiger partial charge in [0.15, 0.2) is 0 Å². The predicted molar refractivity (Wildman–Crippen MR) is 154 cm³/mol. The highest BCUT2D eigenvalue weighted by Gasteiger charge is 2.23. The third-order valence-electron chi connectivity index (χ3n) is 6.36. The lowest BCUT2D eigenvalue weighted by atomic mass is 9.78. The van der Waals surface area contributed by atoms with E-state index in [2.05, 4.69) is 55.1 Å². The van der Waals surface area contributed by atoms with E-state index < -0.39 is 26.5 Å². The van der Waals surface area contributed by atoms with Crippen molar-refractivity contribution in [2.45, 2.75) is 37.0 Å². The summed E-state index contributed by atoms with van der Waals surface area (Å²) in [4.78, 5) is 9.55. The molecule has 4 aromatic rings. The Balaban J connectivity index is 0.000000400. The molecular formula is C28H31NO9S2. The Hall–Kier alpha value is -3.65. The summed E-state index contributed by atoms with van der Waals surface area (Å²) in [6, 6.07) is 24.1. The Morgan fingerprint density at radius 2 is 1.38 bits per heavy atom. The minimum absolute atomic E-state index is 0. The summed E-state index contributed by atoms with van der Waals surface area (Å²) in [5.41, 5.74) is 4.11. The summed E-state index contributed by atoms with van der Waals surface area (Å²) in [6.45, 7) is 4.60. The second kappa shape index (κ2) is 13.1. The number of benzene rings is 4. The van der Waals surface area contributed by atoms with Gasteiger partial charge in [-0.15, -0.1) is 0 Å². The molecule has 0 radical (unpaired) electrons. The predicted octanol–water partition coefficient (Wildman–Crippen LogP) is 5.67. The highest BCUT2D eigenvalue weighted by atomic mass is 32.3. The topological polar surface area (TPSA) is 201 Å². The lowest BCUT2D eigenvalue weighted by Gasteiger charge is -2.26. The highest BCUT2D eigenvalue weighted by molar-refractivity contribution is 7.85. The maximum absolute atomic E-state index is 11.3. The average Bonchev–Trinajstić information content (AvgIpc) is 2.87. The van der Waals surface area contributed by atoms with E-state index in [1.807, 2.05) is 12.1 Å². The van der Waals surface area contributed by atoms with Gasteiger partial charge in [-0.1, -0.05) is 67.2 Å². The molecule has 1 atom stereocenters. The van der Waals surface area contributed by atoms with Gasteiger partial charge in [0.1, 0.15) is 0 Å². The molecule has 214 valence electrons. The van der Waals surface area contributed by atoms with Gasteiger partial charge >= 0.3 is 16.4 Å². The first kappa shape index (κ1) is 32.6. The van der Waals surface area contributed by atoms with E-state index in [0.717, 1.165) is 24.8 Å². The van der Waals surface area contributed by atoms with Crippen molar-refractivity contribution in [2.75, 3.05) is 0 Å². The smallest absolute Gasteiger partial charge is 0.394 e. The van der Waals surface area contributed by atoms with Gasteiger partial charge in [0.25, 0.3) is 10.1 Å². The van der Waals surface area contributed by atoms with Crippen LogP contribution in [-0.2, 0) is 38.2 Å². The number of fused-ring (bicyclic) bond motifs is 5. The second-order valence-corrected chi connectivity index (χ2v) is 11.4. The number of aliphatic carboxylic acids is 1. The van der Waals surface area contributed by atoms with E-state index in [1.165, 1.54) is 51.7 Å². The summed E-state index contributed by atoms with van der Waals surface area (Å²) < 4.78 is 63.4. The molecule has 1 unspecified atom stereocenters. The Labute approximate surface area is 232 Å². The molecule has 5 rings (SSSR count). The van der Waals surface area contributed by atoms with E-state index in [4.69, 9.17) is 22.6 Å². The van der Waals surface area contributed by atoms with Crippen LogP contribution in [0, 0.1) is 0 Å². The first-order chi connectivity index (χ1) is 18.1. The fourth-order valence-corrected chi connectivity index (χ4v) is 5.03. The van der Waals surface area contributed by atoms with Crippen molar-refractivity contribution in [3.8, 4) is 0 Å². The number of hydrogen-bond acceptors (Lipinski definition) is 6. The first-order valence-corrected chi connectivity index (χ1v) is 14.6. The zero-order chi connectivity index (χ0) is 29.0. The van der Waals surface area contributed by atoms with Crippen LogP contribution in [0.1, 0.15) is 36.0 Å². The molecule has 1 aliphatic carbocycles. The molecule has 0 aliphatic heterocycles. The quantitative estimate of drug-likeness (QED) is 0.113. The van der Waals surface area contributed by atoms with E-state index in [1.54, 1.807) is 0 Å². The molecule has 4 aromatic carbocycles. The van der Waals surface area contributed by atoms with Crippen LogP contribution in [0.15, 0.2) is 89.8 Å². The van der Waals surface area contributed by atoms with Gasteiger partial charge in [0, 0.05) is 5.57 Å². The number of carbonyl (C=O) groups is 1. The minimum Gasteiger partial charge on any atom is -0.478 e. The molecule has 40 heavy (non-hydrogen) atoms. The molecule has 0 saturated carbocycles.